The van der Waals surface area contributed by atoms with Crippen LogP contribution in [0.1, 0.15) is 51.9 Å². The highest BCUT2D eigenvalue weighted by molar-refractivity contribution is 5.69. The van der Waals surface area contributed by atoms with E-state index in [-0.39, 0.29) is 12.0 Å². The molecule has 1 aromatic rings. The summed E-state index contributed by atoms with van der Waals surface area (Å²) < 4.78 is 0. The Balaban J connectivity index is 1.75. The van der Waals surface area contributed by atoms with Crippen LogP contribution in [0.15, 0.2) is 12.4 Å². The number of hydrogen-bond donors (Lipinski definition) is 2. The van der Waals surface area contributed by atoms with Gasteiger partial charge in [-0.15, -0.1) is 0 Å². The first-order valence-corrected chi connectivity index (χ1v) is 8.30. The molecule has 1 fully saturated rings. The van der Waals surface area contributed by atoms with E-state index < -0.39 is 5.97 Å². The Morgan fingerprint density at radius 2 is 1.96 bits per heavy atom. The first-order chi connectivity index (χ1) is 10.8. The summed E-state index contributed by atoms with van der Waals surface area (Å²) in [4.78, 5) is 21.7. The number of carbonyl (C=O) groups is 1. The van der Waals surface area contributed by atoms with Crippen LogP contribution in [0, 0.1) is 0 Å². The SMILES string of the molecule is CCN(CC(=O)O)C1CC(NCc2cnc(C(C)(C)C)nc2)C1. The average molecular weight is 320 g/mol. The largest absolute Gasteiger partial charge is 0.480 e. The topological polar surface area (TPSA) is 78.4 Å². The van der Waals surface area contributed by atoms with Crippen molar-refractivity contribution in [3.05, 3.63) is 23.8 Å². The molecule has 1 aromatic heterocycles. The molecule has 0 aromatic carbocycles. The Morgan fingerprint density at radius 1 is 1.35 bits per heavy atom. The average Bonchev–Trinajstić information content (AvgIpc) is 2.43. The van der Waals surface area contributed by atoms with Crippen LogP contribution in [0.5, 0.6) is 0 Å². The van der Waals surface area contributed by atoms with E-state index >= 15 is 0 Å². The molecule has 1 saturated carbocycles. The Hall–Kier alpha value is -1.53. The highest BCUT2D eigenvalue weighted by Gasteiger charge is 2.33. The van der Waals surface area contributed by atoms with Crippen molar-refractivity contribution in [3.63, 3.8) is 0 Å². The van der Waals surface area contributed by atoms with Crippen molar-refractivity contribution in [1.82, 2.24) is 20.2 Å². The quantitative estimate of drug-likeness (QED) is 0.797. The first-order valence-electron chi connectivity index (χ1n) is 8.30. The van der Waals surface area contributed by atoms with Gasteiger partial charge in [-0.2, -0.15) is 0 Å². The molecule has 128 valence electrons. The first kappa shape index (κ1) is 17.8. The van der Waals surface area contributed by atoms with Crippen LogP contribution in [0.25, 0.3) is 0 Å². The number of aliphatic carboxylic acids is 1. The van der Waals surface area contributed by atoms with Crippen LogP contribution in [-0.2, 0) is 16.8 Å². The molecule has 0 atom stereocenters. The van der Waals surface area contributed by atoms with Crippen molar-refractivity contribution < 1.29 is 9.90 Å². The van der Waals surface area contributed by atoms with Gasteiger partial charge in [0.2, 0.25) is 0 Å². The summed E-state index contributed by atoms with van der Waals surface area (Å²) in [7, 11) is 0. The lowest BCUT2D eigenvalue weighted by atomic mass is 9.85. The third-order valence-electron chi connectivity index (χ3n) is 4.35. The number of aromatic nitrogens is 2. The van der Waals surface area contributed by atoms with E-state index in [1.54, 1.807) is 0 Å². The normalized spacial score (nSPS) is 21.3. The van der Waals surface area contributed by atoms with E-state index in [0.717, 1.165) is 37.3 Å². The number of nitrogens with zero attached hydrogens (tertiary/aromatic N) is 3. The second-order valence-electron chi connectivity index (χ2n) is 7.32. The number of nitrogens with one attached hydrogen (secondary N) is 1. The minimum atomic E-state index is -0.751. The summed E-state index contributed by atoms with van der Waals surface area (Å²) in [5.74, 6) is 0.108. The molecule has 6 heteroatoms. The summed E-state index contributed by atoms with van der Waals surface area (Å²) >= 11 is 0. The molecule has 23 heavy (non-hydrogen) atoms. The second-order valence-corrected chi connectivity index (χ2v) is 7.32. The number of rotatable bonds is 7. The van der Waals surface area contributed by atoms with Crippen LogP contribution < -0.4 is 5.32 Å². The minimum absolute atomic E-state index is 0.0269. The maximum absolute atomic E-state index is 10.8. The third-order valence-corrected chi connectivity index (χ3v) is 4.35. The van der Waals surface area contributed by atoms with Gasteiger partial charge in [0.05, 0.1) is 6.54 Å². The lowest BCUT2D eigenvalue weighted by molar-refractivity contribution is -0.139. The van der Waals surface area contributed by atoms with Gasteiger partial charge in [-0.1, -0.05) is 27.7 Å². The molecular formula is C17H28N4O2. The number of likely N-dealkylation sites (N-methyl/N-ethyl adjacent to an activating group) is 1. The third kappa shape index (κ3) is 4.97. The zero-order valence-corrected chi connectivity index (χ0v) is 14.5. The fourth-order valence-electron chi connectivity index (χ4n) is 2.82. The van der Waals surface area contributed by atoms with E-state index in [9.17, 15) is 4.79 Å². The Labute approximate surface area is 138 Å². The molecule has 2 rings (SSSR count). The molecule has 6 nitrogen and oxygen atoms in total. The Kier molecular flexibility index (Phi) is 5.70. The molecule has 0 amide bonds. The molecular weight excluding hydrogens is 292 g/mol. The monoisotopic (exact) mass is 320 g/mol. The second kappa shape index (κ2) is 7.36. The number of carboxylic acids is 1. The van der Waals surface area contributed by atoms with Crippen LogP contribution in [-0.4, -0.2) is 51.1 Å². The standard InChI is InChI=1S/C17H28N4O2/c1-5-21(11-15(22)23)14-6-13(7-14)18-8-12-9-19-16(20-10-12)17(2,3)4/h9-10,13-14,18H,5-8,11H2,1-4H3,(H,22,23). The molecule has 1 aliphatic rings. The van der Waals surface area contributed by atoms with Crippen molar-refractivity contribution in [3.8, 4) is 0 Å². The smallest absolute Gasteiger partial charge is 0.317 e. The molecule has 0 unspecified atom stereocenters. The maximum atomic E-state index is 10.8. The zero-order chi connectivity index (χ0) is 17.0. The molecule has 0 aliphatic heterocycles. The fraction of sp³-hybridized carbons (Fsp3) is 0.706. The lowest BCUT2D eigenvalue weighted by Gasteiger charge is -2.42. The Morgan fingerprint density at radius 3 is 2.43 bits per heavy atom. The van der Waals surface area contributed by atoms with E-state index in [0.29, 0.717) is 12.1 Å². The molecule has 0 radical (unpaired) electrons. The van der Waals surface area contributed by atoms with Gasteiger partial charge >= 0.3 is 5.97 Å². The predicted molar refractivity (Wildman–Crippen MR) is 89.3 cm³/mol. The maximum Gasteiger partial charge on any atom is 0.317 e. The number of carboxylic acid groups (broad SMARTS) is 1. The van der Waals surface area contributed by atoms with Crippen molar-refractivity contribution in [2.24, 2.45) is 0 Å². The Bertz CT molecular complexity index is 518. The van der Waals surface area contributed by atoms with E-state index in [1.807, 2.05) is 24.2 Å². The van der Waals surface area contributed by atoms with Gasteiger partial charge in [0.1, 0.15) is 5.82 Å². The summed E-state index contributed by atoms with van der Waals surface area (Å²) in [6.45, 7) is 9.99. The van der Waals surface area contributed by atoms with E-state index in [4.69, 9.17) is 5.11 Å². The van der Waals surface area contributed by atoms with Gasteiger partial charge in [-0.05, 0) is 19.4 Å². The lowest BCUT2D eigenvalue weighted by Crippen LogP contribution is -2.53. The highest BCUT2D eigenvalue weighted by atomic mass is 16.4. The van der Waals surface area contributed by atoms with Gasteiger partial charge < -0.3 is 10.4 Å². The summed E-state index contributed by atoms with van der Waals surface area (Å²) in [6.07, 6.45) is 5.78. The molecule has 1 heterocycles. The fourth-order valence-corrected chi connectivity index (χ4v) is 2.82. The van der Waals surface area contributed by atoms with Crippen molar-refractivity contribution in [2.75, 3.05) is 13.1 Å². The van der Waals surface area contributed by atoms with Crippen molar-refractivity contribution in [2.45, 2.75) is 64.6 Å². The zero-order valence-electron chi connectivity index (χ0n) is 14.5. The van der Waals surface area contributed by atoms with Crippen molar-refractivity contribution >= 4 is 5.97 Å². The molecule has 0 spiro atoms. The number of hydrogen-bond acceptors (Lipinski definition) is 5. The van der Waals surface area contributed by atoms with Gasteiger partial charge in [-0.25, -0.2) is 9.97 Å². The van der Waals surface area contributed by atoms with Crippen LogP contribution in [0.4, 0.5) is 0 Å². The van der Waals surface area contributed by atoms with Crippen LogP contribution in [0.2, 0.25) is 0 Å². The summed E-state index contributed by atoms with van der Waals surface area (Å²) in [5, 5.41) is 12.4. The summed E-state index contributed by atoms with van der Waals surface area (Å²) in [6, 6.07) is 0.832. The molecule has 1 aliphatic carbocycles. The highest BCUT2D eigenvalue weighted by Crippen LogP contribution is 2.26. The molecule has 0 bridgehead atoms. The van der Waals surface area contributed by atoms with E-state index in [1.165, 1.54) is 0 Å². The van der Waals surface area contributed by atoms with Gasteiger partial charge in [0.15, 0.2) is 0 Å². The predicted octanol–water partition coefficient (Wildman–Crippen LogP) is 1.80. The van der Waals surface area contributed by atoms with Gasteiger partial charge in [0, 0.05) is 42.0 Å². The van der Waals surface area contributed by atoms with Gasteiger partial charge in [-0.3, -0.25) is 9.69 Å². The van der Waals surface area contributed by atoms with Crippen molar-refractivity contribution in [1.29, 1.82) is 0 Å². The van der Waals surface area contributed by atoms with Gasteiger partial charge in [0.25, 0.3) is 0 Å². The minimum Gasteiger partial charge on any atom is -0.480 e. The molecule has 2 N–H and O–H groups in total. The van der Waals surface area contributed by atoms with Crippen LogP contribution >= 0.6 is 0 Å². The van der Waals surface area contributed by atoms with Crippen LogP contribution in [0.3, 0.4) is 0 Å². The van der Waals surface area contributed by atoms with E-state index in [2.05, 4.69) is 36.1 Å². The molecule has 0 saturated heterocycles. The summed E-state index contributed by atoms with van der Waals surface area (Å²) in [5.41, 5.74) is 1.06.